The SMILES string of the molecule is NC(CC(=O)NCc1cnc[nH]1)c1ccccc1. The Morgan fingerprint density at radius 2 is 2.17 bits per heavy atom. The first-order chi connectivity index (χ1) is 8.75. The minimum Gasteiger partial charge on any atom is -0.350 e. The van der Waals surface area contributed by atoms with Gasteiger partial charge in [-0.2, -0.15) is 0 Å². The predicted molar refractivity (Wildman–Crippen MR) is 68.4 cm³/mol. The van der Waals surface area contributed by atoms with Crippen molar-refractivity contribution in [1.29, 1.82) is 0 Å². The van der Waals surface area contributed by atoms with Gasteiger partial charge in [-0.1, -0.05) is 30.3 Å². The van der Waals surface area contributed by atoms with Gasteiger partial charge in [0, 0.05) is 18.7 Å². The molecule has 4 N–H and O–H groups in total. The molecule has 5 nitrogen and oxygen atoms in total. The van der Waals surface area contributed by atoms with Gasteiger partial charge in [0.25, 0.3) is 0 Å². The lowest BCUT2D eigenvalue weighted by molar-refractivity contribution is -0.121. The van der Waals surface area contributed by atoms with Gasteiger partial charge in [0.1, 0.15) is 0 Å². The highest BCUT2D eigenvalue weighted by atomic mass is 16.1. The first-order valence-corrected chi connectivity index (χ1v) is 5.80. The lowest BCUT2D eigenvalue weighted by atomic mass is 10.0. The Hall–Kier alpha value is -2.14. The zero-order valence-corrected chi connectivity index (χ0v) is 9.97. The lowest BCUT2D eigenvalue weighted by Crippen LogP contribution is -2.27. The van der Waals surface area contributed by atoms with E-state index in [1.54, 1.807) is 12.5 Å². The lowest BCUT2D eigenvalue weighted by Gasteiger charge is -2.11. The average Bonchev–Trinajstić information content (AvgIpc) is 2.90. The van der Waals surface area contributed by atoms with Crippen LogP contribution in [0, 0.1) is 0 Å². The van der Waals surface area contributed by atoms with E-state index in [4.69, 9.17) is 5.73 Å². The molecule has 0 spiro atoms. The third-order valence-electron chi connectivity index (χ3n) is 2.66. The number of imidazole rings is 1. The van der Waals surface area contributed by atoms with Crippen LogP contribution in [0.4, 0.5) is 0 Å². The molecule has 1 amide bonds. The van der Waals surface area contributed by atoms with Gasteiger partial charge in [0.2, 0.25) is 5.91 Å². The summed E-state index contributed by atoms with van der Waals surface area (Å²) in [6.07, 6.45) is 3.53. The van der Waals surface area contributed by atoms with Gasteiger partial charge < -0.3 is 16.0 Å². The van der Waals surface area contributed by atoms with Crippen LogP contribution in [-0.2, 0) is 11.3 Å². The second kappa shape index (κ2) is 5.97. The van der Waals surface area contributed by atoms with Gasteiger partial charge in [-0.15, -0.1) is 0 Å². The second-order valence-corrected chi connectivity index (χ2v) is 4.07. The summed E-state index contributed by atoms with van der Waals surface area (Å²) in [6.45, 7) is 0.445. The highest BCUT2D eigenvalue weighted by Gasteiger charge is 2.11. The number of aromatic nitrogens is 2. The first kappa shape index (κ1) is 12.3. The van der Waals surface area contributed by atoms with Crippen LogP contribution in [0.2, 0.25) is 0 Å². The maximum Gasteiger partial charge on any atom is 0.222 e. The Kier molecular flexibility index (Phi) is 4.09. The molecule has 1 aromatic heterocycles. The zero-order valence-electron chi connectivity index (χ0n) is 9.97. The molecule has 5 heteroatoms. The Balaban J connectivity index is 1.80. The smallest absolute Gasteiger partial charge is 0.222 e. The number of rotatable bonds is 5. The number of nitrogens with one attached hydrogen (secondary N) is 2. The largest absolute Gasteiger partial charge is 0.350 e. The number of nitrogens with zero attached hydrogens (tertiary/aromatic N) is 1. The summed E-state index contributed by atoms with van der Waals surface area (Å²) in [6, 6.07) is 9.33. The summed E-state index contributed by atoms with van der Waals surface area (Å²) in [7, 11) is 0. The van der Waals surface area contributed by atoms with Crippen molar-refractivity contribution in [1.82, 2.24) is 15.3 Å². The highest BCUT2D eigenvalue weighted by molar-refractivity contribution is 5.76. The minimum atomic E-state index is -0.270. The van der Waals surface area contributed by atoms with E-state index in [0.29, 0.717) is 6.54 Å². The molecule has 1 heterocycles. The van der Waals surface area contributed by atoms with E-state index in [2.05, 4.69) is 15.3 Å². The zero-order chi connectivity index (χ0) is 12.8. The quantitative estimate of drug-likeness (QED) is 0.736. The Labute approximate surface area is 105 Å². The van der Waals surface area contributed by atoms with Crippen LogP contribution in [0.1, 0.15) is 23.7 Å². The third kappa shape index (κ3) is 3.43. The van der Waals surface area contributed by atoms with E-state index in [-0.39, 0.29) is 18.4 Å². The molecule has 0 saturated heterocycles. The van der Waals surface area contributed by atoms with Gasteiger partial charge in [0.15, 0.2) is 0 Å². The third-order valence-corrected chi connectivity index (χ3v) is 2.66. The van der Waals surface area contributed by atoms with Crippen LogP contribution in [0.3, 0.4) is 0 Å². The molecule has 2 rings (SSSR count). The molecule has 0 aliphatic carbocycles. The highest BCUT2D eigenvalue weighted by Crippen LogP contribution is 2.12. The van der Waals surface area contributed by atoms with Crippen LogP contribution in [-0.4, -0.2) is 15.9 Å². The van der Waals surface area contributed by atoms with Crippen LogP contribution in [0.25, 0.3) is 0 Å². The average molecular weight is 244 g/mol. The Bertz CT molecular complexity index is 481. The molecule has 18 heavy (non-hydrogen) atoms. The molecule has 0 aliphatic heterocycles. The fourth-order valence-corrected chi connectivity index (χ4v) is 1.67. The molecule has 2 aromatic rings. The number of hydrogen-bond acceptors (Lipinski definition) is 3. The van der Waals surface area contributed by atoms with E-state index in [0.717, 1.165) is 11.3 Å². The molecule has 1 atom stereocenters. The number of benzene rings is 1. The first-order valence-electron chi connectivity index (χ1n) is 5.80. The molecule has 0 radical (unpaired) electrons. The van der Waals surface area contributed by atoms with Crippen molar-refractivity contribution >= 4 is 5.91 Å². The molecule has 0 fully saturated rings. The van der Waals surface area contributed by atoms with Crippen LogP contribution >= 0.6 is 0 Å². The molecule has 1 aromatic carbocycles. The van der Waals surface area contributed by atoms with Crippen molar-refractivity contribution in [2.24, 2.45) is 5.73 Å². The molecular formula is C13H16N4O. The summed E-state index contributed by atoms with van der Waals surface area (Å²) >= 11 is 0. The van der Waals surface area contributed by atoms with E-state index in [1.165, 1.54) is 0 Å². The molecule has 1 unspecified atom stereocenters. The summed E-state index contributed by atoms with van der Waals surface area (Å²) in [4.78, 5) is 18.5. The van der Waals surface area contributed by atoms with E-state index < -0.39 is 0 Å². The molecule has 0 bridgehead atoms. The minimum absolute atomic E-state index is 0.0686. The van der Waals surface area contributed by atoms with Crippen molar-refractivity contribution in [2.75, 3.05) is 0 Å². The van der Waals surface area contributed by atoms with Crippen LogP contribution in [0.5, 0.6) is 0 Å². The van der Waals surface area contributed by atoms with Crippen LogP contribution < -0.4 is 11.1 Å². The predicted octanol–water partition coefficient (Wildman–Crippen LogP) is 1.12. The Morgan fingerprint density at radius 1 is 1.39 bits per heavy atom. The van der Waals surface area contributed by atoms with Crippen molar-refractivity contribution in [3.05, 3.63) is 54.1 Å². The fourth-order valence-electron chi connectivity index (χ4n) is 1.67. The summed E-state index contributed by atoms with van der Waals surface area (Å²) in [5, 5.41) is 2.80. The molecule has 94 valence electrons. The van der Waals surface area contributed by atoms with Gasteiger partial charge in [-0.05, 0) is 5.56 Å². The summed E-state index contributed by atoms with van der Waals surface area (Å²) in [5.74, 6) is -0.0686. The van der Waals surface area contributed by atoms with Gasteiger partial charge in [-0.25, -0.2) is 4.98 Å². The second-order valence-electron chi connectivity index (χ2n) is 4.07. The maximum atomic E-state index is 11.7. The number of hydrogen-bond donors (Lipinski definition) is 3. The van der Waals surface area contributed by atoms with Crippen molar-refractivity contribution in [3.63, 3.8) is 0 Å². The van der Waals surface area contributed by atoms with Crippen LogP contribution in [0.15, 0.2) is 42.9 Å². The number of nitrogens with two attached hydrogens (primary N) is 1. The van der Waals surface area contributed by atoms with Gasteiger partial charge >= 0.3 is 0 Å². The molecular weight excluding hydrogens is 228 g/mol. The molecule has 0 saturated carbocycles. The van der Waals surface area contributed by atoms with E-state index >= 15 is 0 Å². The Morgan fingerprint density at radius 3 is 2.83 bits per heavy atom. The van der Waals surface area contributed by atoms with Gasteiger partial charge in [0.05, 0.1) is 18.6 Å². The number of amides is 1. The number of H-pyrrole nitrogens is 1. The maximum absolute atomic E-state index is 11.7. The van der Waals surface area contributed by atoms with Crippen molar-refractivity contribution < 1.29 is 4.79 Å². The van der Waals surface area contributed by atoms with Gasteiger partial charge in [-0.3, -0.25) is 4.79 Å². The number of aromatic amines is 1. The standard InChI is InChI=1S/C13H16N4O/c14-12(10-4-2-1-3-5-10)6-13(18)16-8-11-7-15-9-17-11/h1-5,7,9,12H,6,8,14H2,(H,15,17)(H,16,18). The summed E-state index contributed by atoms with van der Waals surface area (Å²) < 4.78 is 0. The van der Waals surface area contributed by atoms with Crippen molar-refractivity contribution in [2.45, 2.75) is 19.0 Å². The van der Waals surface area contributed by atoms with Crippen molar-refractivity contribution in [3.8, 4) is 0 Å². The normalized spacial score (nSPS) is 12.1. The van der Waals surface area contributed by atoms with E-state index in [1.807, 2.05) is 30.3 Å². The fraction of sp³-hybridized carbons (Fsp3) is 0.231. The molecule has 0 aliphatic rings. The summed E-state index contributed by atoms with van der Waals surface area (Å²) in [5.41, 5.74) is 7.80. The number of carbonyl (C=O) groups is 1. The number of carbonyl (C=O) groups excluding carboxylic acids is 1. The topological polar surface area (TPSA) is 83.8 Å². The van der Waals surface area contributed by atoms with E-state index in [9.17, 15) is 4.79 Å². The monoisotopic (exact) mass is 244 g/mol.